The van der Waals surface area contributed by atoms with E-state index in [-0.39, 0.29) is 25.4 Å². The molecule has 0 bridgehead atoms. The maximum absolute atomic E-state index is 13.1. The van der Waals surface area contributed by atoms with Gasteiger partial charge in [0.25, 0.3) is 5.91 Å². The number of aliphatic hydroxyl groups excluding tert-OH is 1. The van der Waals surface area contributed by atoms with Crippen LogP contribution in [0.15, 0.2) is 66.4 Å². The van der Waals surface area contributed by atoms with Gasteiger partial charge in [-0.05, 0) is 73.1 Å². The third-order valence-electron chi connectivity index (χ3n) is 6.23. The fourth-order valence-corrected chi connectivity index (χ4v) is 4.17. The van der Waals surface area contributed by atoms with Crippen LogP contribution < -0.4 is 5.32 Å². The molecule has 1 heterocycles. The van der Waals surface area contributed by atoms with Crippen LogP contribution in [0.2, 0.25) is 0 Å². The Morgan fingerprint density at radius 1 is 1.26 bits per heavy atom. The van der Waals surface area contributed by atoms with Crippen molar-refractivity contribution < 1.29 is 23.1 Å². The summed E-state index contributed by atoms with van der Waals surface area (Å²) in [4.78, 5) is 17.4. The molecule has 2 unspecified atom stereocenters. The van der Waals surface area contributed by atoms with E-state index in [0.717, 1.165) is 28.7 Å². The molecule has 35 heavy (non-hydrogen) atoms. The van der Waals surface area contributed by atoms with Gasteiger partial charge in [-0.15, -0.1) is 0 Å². The summed E-state index contributed by atoms with van der Waals surface area (Å²) in [5.74, 6) is -1.64. The van der Waals surface area contributed by atoms with Crippen molar-refractivity contribution in [3.8, 4) is 0 Å². The number of carbonyl (C=O) groups excluding carboxylic acids is 1. The summed E-state index contributed by atoms with van der Waals surface area (Å²) >= 11 is 0. The Bertz CT molecular complexity index is 1100. The Labute approximate surface area is 204 Å². The van der Waals surface area contributed by atoms with Crippen LogP contribution >= 0.6 is 0 Å². The molecule has 1 aromatic heterocycles. The largest absolute Gasteiger partial charge is 0.394 e. The van der Waals surface area contributed by atoms with Crippen molar-refractivity contribution in [2.24, 2.45) is 5.92 Å². The number of nitrogens with one attached hydrogen (secondary N) is 1. The number of nitrogens with zero attached hydrogens (tertiary/aromatic N) is 1. The summed E-state index contributed by atoms with van der Waals surface area (Å²) in [7, 11) is 0. The Balaban J connectivity index is 1.88. The zero-order valence-corrected chi connectivity index (χ0v) is 20.0. The van der Waals surface area contributed by atoms with Crippen LogP contribution in [0.1, 0.15) is 61.0 Å². The summed E-state index contributed by atoms with van der Waals surface area (Å²) in [5.41, 5.74) is 4.50. The SMILES string of the molecule is CC/C=C/C(=C\c1cccc(C2=CCC(C(F)(F)F)CC2)c1C)C(=O)NC(CO)c1ccccn1. The molecule has 2 atom stereocenters. The van der Waals surface area contributed by atoms with Gasteiger partial charge < -0.3 is 10.4 Å². The van der Waals surface area contributed by atoms with Gasteiger partial charge in [0.2, 0.25) is 0 Å². The maximum atomic E-state index is 13.1. The average Bonchev–Trinajstić information content (AvgIpc) is 2.86. The summed E-state index contributed by atoms with van der Waals surface area (Å²) in [6, 6.07) is 10.3. The molecule has 186 valence electrons. The Hall–Kier alpha value is -3.19. The normalized spacial score (nSPS) is 17.8. The van der Waals surface area contributed by atoms with E-state index in [0.29, 0.717) is 17.7 Å². The van der Waals surface area contributed by atoms with Crippen molar-refractivity contribution in [3.63, 3.8) is 0 Å². The van der Waals surface area contributed by atoms with Gasteiger partial charge in [-0.25, -0.2) is 0 Å². The molecule has 3 rings (SSSR count). The van der Waals surface area contributed by atoms with Crippen molar-refractivity contribution in [1.29, 1.82) is 0 Å². The van der Waals surface area contributed by atoms with Gasteiger partial charge in [0.15, 0.2) is 0 Å². The third-order valence-corrected chi connectivity index (χ3v) is 6.23. The molecule has 1 amide bonds. The predicted molar refractivity (Wildman–Crippen MR) is 132 cm³/mol. The van der Waals surface area contributed by atoms with Gasteiger partial charge in [-0.3, -0.25) is 9.78 Å². The van der Waals surface area contributed by atoms with Gasteiger partial charge in [-0.1, -0.05) is 49.4 Å². The quantitative estimate of drug-likeness (QED) is 0.340. The minimum absolute atomic E-state index is 0.0126. The lowest BCUT2D eigenvalue weighted by atomic mass is 9.84. The molecule has 2 N–H and O–H groups in total. The number of hydrogen-bond donors (Lipinski definition) is 2. The van der Waals surface area contributed by atoms with Crippen molar-refractivity contribution >= 4 is 17.6 Å². The minimum Gasteiger partial charge on any atom is -0.394 e. The summed E-state index contributed by atoms with van der Waals surface area (Å²) in [6.07, 6.45) is 5.68. The number of allylic oxidation sites excluding steroid dienone is 3. The zero-order chi connectivity index (χ0) is 25.4. The zero-order valence-electron chi connectivity index (χ0n) is 20.0. The monoisotopic (exact) mass is 484 g/mol. The Morgan fingerprint density at radius 2 is 2.06 bits per heavy atom. The van der Waals surface area contributed by atoms with E-state index < -0.39 is 18.1 Å². The van der Waals surface area contributed by atoms with Crippen molar-refractivity contribution in [2.75, 3.05) is 6.61 Å². The van der Waals surface area contributed by atoms with E-state index in [9.17, 15) is 23.1 Å². The Kier molecular flexibility index (Phi) is 9.04. The molecule has 0 aliphatic heterocycles. The Morgan fingerprint density at radius 3 is 2.66 bits per heavy atom. The molecule has 7 heteroatoms. The van der Waals surface area contributed by atoms with Crippen LogP contribution in [0.3, 0.4) is 0 Å². The lowest BCUT2D eigenvalue weighted by Crippen LogP contribution is -2.32. The van der Waals surface area contributed by atoms with Crippen LogP contribution in [0.25, 0.3) is 11.6 Å². The van der Waals surface area contributed by atoms with Gasteiger partial charge in [-0.2, -0.15) is 13.2 Å². The molecule has 1 aromatic carbocycles. The second-order valence-corrected chi connectivity index (χ2v) is 8.64. The van der Waals surface area contributed by atoms with Crippen LogP contribution in [-0.4, -0.2) is 28.8 Å². The van der Waals surface area contributed by atoms with Crippen LogP contribution in [0, 0.1) is 12.8 Å². The van der Waals surface area contributed by atoms with E-state index in [1.165, 1.54) is 0 Å². The number of pyridine rings is 1. The second kappa shape index (κ2) is 12.0. The molecule has 0 saturated heterocycles. The topological polar surface area (TPSA) is 62.2 Å². The number of aromatic nitrogens is 1. The van der Waals surface area contributed by atoms with Crippen LogP contribution in [-0.2, 0) is 4.79 Å². The number of amides is 1. The van der Waals surface area contributed by atoms with Crippen LogP contribution in [0.4, 0.5) is 13.2 Å². The molecular formula is C28H31F3N2O2. The number of carbonyl (C=O) groups is 1. The van der Waals surface area contributed by atoms with E-state index in [1.807, 2.05) is 38.1 Å². The predicted octanol–water partition coefficient (Wildman–Crippen LogP) is 6.34. The highest BCUT2D eigenvalue weighted by molar-refractivity contribution is 6.01. The number of rotatable bonds is 8. The lowest BCUT2D eigenvalue weighted by Gasteiger charge is -2.25. The van der Waals surface area contributed by atoms with Gasteiger partial charge >= 0.3 is 6.18 Å². The third kappa shape index (κ3) is 6.92. The summed E-state index contributed by atoms with van der Waals surface area (Å²) in [6.45, 7) is 3.59. The highest BCUT2D eigenvalue weighted by Crippen LogP contribution is 2.40. The van der Waals surface area contributed by atoms with Crippen molar-refractivity contribution in [1.82, 2.24) is 10.3 Å². The average molecular weight is 485 g/mol. The molecular weight excluding hydrogens is 453 g/mol. The smallest absolute Gasteiger partial charge is 0.392 e. The highest BCUT2D eigenvalue weighted by atomic mass is 19.4. The first-order valence-corrected chi connectivity index (χ1v) is 11.8. The first-order chi connectivity index (χ1) is 16.7. The van der Waals surface area contributed by atoms with Crippen molar-refractivity contribution in [3.05, 3.63) is 88.8 Å². The van der Waals surface area contributed by atoms with Gasteiger partial charge in [0, 0.05) is 11.8 Å². The molecule has 2 aromatic rings. The molecule has 1 aliphatic carbocycles. The fourth-order valence-electron chi connectivity index (χ4n) is 4.17. The molecule has 0 radical (unpaired) electrons. The number of benzene rings is 1. The van der Waals surface area contributed by atoms with E-state index in [4.69, 9.17) is 0 Å². The highest BCUT2D eigenvalue weighted by Gasteiger charge is 2.39. The van der Waals surface area contributed by atoms with Gasteiger partial charge in [0.1, 0.15) is 0 Å². The number of halogens is 3. The van der Waals surface area contributed by atoms with Crippen molar-refractivity contribution in [2.45, 2.75) is 51.7 Å². The summed E-state index contributed by atoms with van der Waals surface area (Å²) in [5, 5.41) is 12.6. The fraction of sp³-hybridized carbons (Fsp3) is 0.357. The number of alkyl halides is 3. The van der Waals surface area contributed by atoms with E-state index in [2.05, 4.69) is 10.3 Å². The number of aliphatic hydroxyl groups is 1. The minimum atomic E-state index is -4.17. The summed E-state index contributed by atoms with van der Waals surface area (Å²) < 4.78 is 39.2. The molecule has 4 nitrogen and oxygen atoms in total. The molecule has 1 aliphatic rings. The lowest BCUT2D eigenvalue weighted by molar-refractivity contribution is -0.175. The first kappa shape index (κ1) is 26.4. The first-order valence-electron chi connectivity index (χ1n) is 11.8. The van der Waals surface area contributed by atoms with E-state index >= 15 is 0 Å². The number of hydrogen-bond acceptors (Lipinski definition) is 3. The second-order valence-electron chi connectivity index (χ2n) is 8.64. The van der Waals surface area contributed by atoms with Gasteiger partial charge in [0.05, 0.1) is 24.3 Å². The van der Waals surface area contributed by atoms with E-state index in [1.54, 1.807) is 42.6 Å². The standard InChI is InChI=1S/C28H31F3N2O2/c1-3-4-8-22(27(35)33-26(18-34)25-11-5-6-16-32-25)17-21-9-7-10-24(19(21)2)20-12-14-23(15-13-20)28(29,30)31/h4-12,16-17,23,26,34H,3,13-15,18H2,1-2H3,(H,33,35)/b8-4+,22-17+. The maximum Gasteiger partial charge on any atom is 0.392 e. The molecule has 0 saturated carbocycles. The molecule has 0 spiro atoms. The van der Waals surface area contributed by atoms with Crippen LogP contribution in [0.5, 0.6) is 0 Å². The molecule has 0 fully saturated rings.